The first kappa shape index (κ1) is 13.2. The van der Waals surface area contributed by atoms with Crippen LogP contribution in [0.2, 0.25) is 0 Å². The Labute approximate surface area is 121 Å². The van der Waals surface area contributed by atoms with E-state index >= 15 is 0 Å². The molecule has 0 N–H and O–H groups in total. The summed E-state index contributed by atoms with van der Waals surface area (Å²) in [6.07, 6.45) is 3.67. The Balaban J connectivity index is 1.81. The smallest absolute Gasteiger partial charge is 0.261 e. The van der Waals surface area contributed by atoms with E-state index in [2.05, 4.69) is 10.1 Å². The number of benzene rings is 1. The standard InChI is InChI=1S/C15H14N2O4/c1-18-12-4-3-10(7-13(12)19-2)8-14-16-15(21-17-14)11-5-6-20-9-11/h3-7,9H,8H2,1-2H3. The van der Waals surface area contributed by atoms with E-state index in [0.717, 1.165) is 11.1 Å². The van der Waals surface area contributed by atoms with Crippen LogP contribution in [0.15, 0.2) is 45.7 Å². The molecule has 0 bridgehead atoms. The van der Waals surface area contributed by atoms with Gasteiger partial charge in [-0.05, 0) is 23.8 Å². The summed E-state index contributed by atoms with van der Waals surface area (Å²) in [4.78, 5) is 4.34. The van der Waals surface area contributed by atoms with E-state index in [9.17, 15) is 0 Å². The molecule has 2 aromatic heterocycles. The molecular weight excluding hydrogens is 272 g/mol. The average Bonchev–Trinajstić information content (AvgIpc) is 3.17. The average molecular weight is 286 g/mol. The first-order valence-corrected chi connectivity index (χ1v) is 6.36. The molecule has 3 rings (SSSR count). The summed E-state index contributed by atoms with van der Waals surface area (Å²) < 4.78 is 20.7. The number of rotatable bonds is 5. The molecule has 0 saturated carbocycles. The number of hydrogen-bond acceptors (Lipinski definition) is 6. The van der Waals surface area contributed by atoms with Crippen LogP contribution in [0.5, 0.6) is 11.5 Å². The third-order valence-corrected chi connectivity index (χ3v) is 3.05. The largest absolute Gasteiger partial charge is 0.493 e. The molecule has 0 aliphatic carbocycles. The molecule has 0 aliphatic rings. The summed E-state index contributed by atoms with van der Waals surface area (Å²) >= 11 is 0. The van der Waals surface area contributed by atoms with Gasteiger partial charge in [0.1, 0.15) is 6.26 Å². The highest BCUT2D eigenvalue weighted by Crippen LogP contribution is 2.28. The molecule has 0 radical (unpaired) electrons. The van der Waals surface area contributed by atoms with Crippen molar-refractivity contribution in [3.63, 3.8) is 0 Å². The van der Waals surface area contributed by atoms with Gasteiger partial charge in [0, 0.05) is 6.42 Å². The molecule has 6 heteroatoms. The number of hydrogen-bond donors (Lipinski definition) is 0. The van der Waals surface area contributed by atoms with Crippen molar-refractivity contribution < 1.29 is 18.4 Å². The van der Waals surface area contributed by atoms with Gasteiger partial charge >= 0.3 is 0 Å². The minimum atomic E-state index is 0.444. The van der Waals surface area contributed by atoms with E-state index < -0.39 is 0 Å². The molecule has 0 unspecified atom stereocenters. The molecular formula is C15H14N2O4. The van der Waals surface area contributed by atoms with Crippen LogP contribution >= 0.6 is 0 Å². The maximum absolute atomic E-state index is 5.28. The van der Waals surface area contributed by atoms with Crippen molar-refractivity contribution in [2.24, 2.45) is 0 Å². The highest BCUT2D eigenvalue weighted by Gasteiger charge is 2.11. The molecule has 0 atom stereocenters. The predicted molar refractivity (Wildman–Crippen MR) is 74.4 cm³/mol. The molecule has 1 aromatic carbocycles. The van der Waals surface area contributed by atoms with Crippen LogP contribution in [-0.4, -0.2) is 24.4 Å². The van der Waals surface area contributed by atoms with Crippen LogP contribution < -0.4 is 9.47 Å². The first-order chi connectivity index (χ1) is 10.3. The van der Waals surface area contributed by atoms with Gasteiger partial charge in [-0.25, -0.2) is 0 Å². The van der Waals surface area contributed by atoms with Gasteiger partial charge in [-0.3, -0.25) is 0 Å². The number of furan rings is 1. The van der Waals surface area contributed by atoms with Gasteiger partial charge in [-0.15, -0.1) is 0 Å². The van der Waals surface area contributed by atoms with E-state index in [-0.39, 0.29) is 0 Å². The van der Waals surface area contributed by atoms with Gasteiger partial charge in [-0.1, -0.05) is 11.2 Å². The van der Waals surface area contributed by atoms with Crippen LogP contribution in [0.25, 0.3) is 11.5 Å². The predicted octanol–water partition coefficient (Wildman–Crippen LogP) is 2.94. The molecule has 0 amide bonds. The lowest BCUT2D eigenvalue weighted by Crippen LogP contribution is -1.95. The molecule has 0 saturated heterocycles. The Morgan fingerprint density at radius 1 is 1.10 bits per heavy atom. The maximum Gasteiger partial charge on any atom is 0.261 e. The summed E-state index contributed by atoms with van der Waals surface area (Å²) in [5.41, 5.74) is 1.77. The minimum absolute atomic E-state index is 0.444. The van der Waals surface area contributed by atoms with Gasteiger partial charge in [0.05, 0.1) is 26.0 Å². The van der Waals surface area contributed by atoms with Crippen LogP contribution in [-0.2, 0) is 6.42 Å². The zero-order chi connectivity index (χ0) is 14.7. The van der Waals surface area contributed by atoms with Gasteiger partial charge in [0.25, 0.3) is 5.89 Å². The third kappa shape index (κ3) is 2.74. The number of nitrogens with zero attached hydrogens (tertiary/aromatic N) is 2. The zero-order valence-electron chi connectivity index (χ0n) is 11.7. The van der Waals surface area contributed by atoms with Crippen molar-refractivity contribution in [1.29, 1.82) is 0 Å². The first-order valence-electron chi connectivity index (χ1n) is 6.36. The highest BCUT2D eigenvalue weighted by molar-refractivity contribution is 5.50. The fraction of sp³-hybridized carbons (Fsp3) is 0.200. The second kappa shape index (κ2) is 5.70. The third-order valence-electron chi connectivity index (χ3n) is 3.05. The SMILES string of the molecule is COc1ccc(Cc2noc(-c3ccoc3)n2)cc1OC. The van der Waals surface area contributed by atoms with Crippen molar-refractivity contribution in [2.75, 3.05) is 14.2 Å². The Bertz CT molecular complexity index is 719. The van der Waals surface area contributed by atoms with Crippen molar-refractivity contribution in [2.45, 2.75) is 6.42 Å². The number of aromatic nitrogens is 2. The van der Waals surface area contributed by atoms with E-state index in [1.165, 1.54) is 0 Å². The Hall–Kier alpha value is -2.76. The molecule has 2 heterocycles. The Kier molecular flexibility index (Phi) is 3.59. The molecule has 0 spiro atoms. The van der Waals surface area contributed by atoms with Crippen LogP contribution in [0.3, 0.4) is 0 Å². The Morgan fingerprint density at radius 3 is 2.67 bits per heavy atom. The van der Waals surface area contributed by atoms with Crippen molar-refractivity contribution in [1.82, 2.24) is 10.1 Å². The van der Waals surface area contributed by atoms with Gasteiger partial charge in [0.15, 0.2) is 17.3 Å². The molecule has 0 aliphatic heterocycles. The summed E-state index contributed by atoms with van der Waals surface area (Å²) in [5.74, 6) is 2.40. The molecule has 0 fully saturated rings. The number of methoxy groups -OCH3 is 2. The van der Waals surface area contributed by atoms with Gasteiger partial charge in [-0.2, -0.15) is 4.98 Å². The van der Waals surface area contributed by atoms with Crippen molar-refractivity contribution >= 4 is 0 Å². The normalized spacial score (nSPS) is 10.6. The minimum Gasteiger partial charge on any atom is -0.493 e. The maximum atomic E-state index is 5.28. The van der Waals surface area contributed by atoms with E-state index in [0.29, 0.717) is 29.6 Å². The van der Waals surface area contributed by atoms with Crippen LogP contribution in [0.1, 0.15) is 11.4 Å². The molecule has 108 valence electrons. The van der Waals surface area contributed by atoms with Gasteiger partial charge in [0.2, 0.25) is 0 Å². The lowest BCUT2D eigenvalue weighted by molar-refractivity contribution is 0.354. The van der Waals surface area contributed by atoms with Crippen LogP contribution in [0, 0.1) is 0 Å². The van der Waals surface area contributed by atoms with Crippen molar-refractivity contribution in [3.05, 3.63) is 48.2 Å². The lowest BCUT2D eigenvalue weighted by Gasteiger charge is -2.08. The molecule has 6 nitrogen and oxygen atoms in total. The van der Waals surface area contributed by atoms with Gasteiger partial charge < -0.3 is 18.4 Å². The van der Waals surface area contributed by atoms with Crippen LogP contribution in [0.4, 0.5) is 0 Å². The Morgan fingerprint density at radius 2 is 1.95 bits per heavy atom. The quantitative estimate of drug-likeness (QED) is 0.718. The summed E-state index contributed by atoms with van der Waals surface area (Å²) in [5, 5.41) is 3.97. The second-order valence-electron chi connectivity index (χ2n) is 4.39. The topological polar surface area (TPSA) is 70.5 Å². The lowest BCUT2D eigenvalue weighted by atomic mass is 10.1. The molecule has 21 heavy (non-hydrogen) atoms. The van der Waals surface area contributed by atoms with E-state index in [1.807, 2.05) is 18.2 Å². The van der Waals surface area contributed by atoms with E-state index in [1.54, 1.807) is 32.8 Å². The summed E-state index contributed by atoms with van der Waals surface area (Å²) in [6.45, 7) is 0. The number of ether oxygens (including phenoxy) is 2. The highest BCUT2D eigenvalue weighted by atomic mass is 16.5. The summed E-state index contributed by atoms with van der Waals surface area (Å²) in [6, 6.07) is 7.46. The second-order valence-corrected chi connectivity index (χ2v) is 4.39. The fourth-order valence-electron chi connectivity index (χ4n) is 2.00. The monoisotopic (exact) mass is 286 g/mol. The van der Waals surface area contributed by atoms with E-state index in [4.69, 9.17) is 18.4 Å². The van der Waals surface area contributed by atoms with Crippen molar-refractivity contribution in [3.8, 4) is 23.0 Å². The zero-order valence-corrected chi connectivity index (χ0v) is 11.7. The summed E-state index contributed by atoms with van der Waals surface area (Å²) in [7, 11) is 3.21. The molecule has 3 aromatic rings. The fourth-order valence-corrected chi connectivity index (χ4v) is 2.00.